The highest BCUT2D eigenvalue weighted by molar-refractivity contribution is 5.93. The zero-order valence-corrected chi connectivity index (χ0v) is 18.3. The third-order valence-corrected chi connectivity index (χ3v) is 5.58. The highest BCUT2D eigenvalue weighted by Crippen LogP contribution is 2.18. The predicted molar refractivity (Wildman–Crippen MR) is 119 cm³/mol. The minimum atomic E-state index is -0.536. The maximum Gasteiger partial charge on any atom is 0.263 e. The van der Waals surface area contributed by atoms with Crippen LogP contribution in [0.25, 0.3) is 0 Å². The van der Waals surface area contributed by atoms with E-state index in [0.29, 0.717) is 38.5 Å². The summed E-state index contributed by atoms with van der Waals surface area (Å²) in [4.78, 5) is 29.1. The first-order chi connectivity index (χ1) is 14.3. The van der Waals surface area contributed by atoms with Gasteiger partial charge in [0.2, 0.25) is 5.91 Å². The van der Waals surface area contributed by atoms with Crippen LogP contribution in [0.4, 0.5) is 5.69 Å². The Kier molecular flexibility index (Phi) is 7.11. The molecule has 6 heteroatoms. The Morgan fingerprint density at radius 1 is 1.03 bits per heavy atom. The van der Waals surface area contributed by atoms with Gasteiger partial charge in [-0.25, -0.2) is 0 Å². The summed E-state index contributed by atoms with van der Waals surface area (Å²) in [5.74, 6) is 0.660. The van der Waals surface area contributed by atoms with Crippen molar-refractivity contribution in [2.75, 3.05) is 38.0 Å². The van der Waals surface area contributed by atoms with E-state index in [1.807, 2.05) is 68.1 Å². The van der Waals surface area contributed by atoms with Crippen molar-refractivity contribution >= 4 is 17.5 Å². The second-order valence-electron chi connectivity index (χ2n) is 7.97. The molecule has 1 fully saturated rings. The number of anilines is 1. The first kappa shape index (κ1) is 21.8. The van der Waals surface area contributed by atoms with E-state index < -0.39 is 6.10 Å². The molecule has 0 unspecified atom stereocenters. The van der Waals surface area contributed by atoms with Crippen LogP contribution in [-0.2, 0) is 9.59 Å². The van der Waals surface area contributed by atoms with Gasteiger partial charge in [-0.1, -0.05) is 24.3 Å². The highest BCUT2D eigenvalue weighted by Gasteiger charge is 2.26. The molecule has 1 heterocycles. The maximum atomic E-state index is 12.7. The fraction of sp³-hybridized carbons (Fsp3) is 0.417. The van der Waals surface area contributed by atoms with Gasteiger partial charge in [0.25, 0.3) is 5.91 Å². The number of nitrogens with one attached hydrogen (secondary N) is 1. The van der Waals surface area contributed by atoms with Gasteiger partial charge in [0, 0.05) is 31.9 Å². The maximum absolute atomic E-state index is 12.7. The SMILES string of the molecule is Cc1cccc(O[C@H](C)C(=O)N2CCN(CC(=O)Nc3cccc(C)c3C)CC2)c1. The van der Waals surface area contributed by atoms with Gasteiger partial charge in [0.15, 0.2) is 6.10 Å². The minimum absolute atomic E-state index is 0.0176. The topological polar surface area (TPSA) is 61.9 Å². The van der Waals surface area contributed by atoms with Crippen LogP contribution in [0.1, 0.15) is 23.6 Å². The molecule has 1 atom stereocenters. The van der Waals surface area contributed by atoms with E-state index in [9.17, 15) is 9.59 Å². The number of hydrogen-bond donors (Lipinski definition) is 1. The van der Waals surface area contributed by atoms with E-state index in [-0.39, 0.29) is 11.8 Å². The Bertz CT molecular complexity index is 904. The number of benzene rings is 2. The lowest BCUT2D eigenvalue weighted by molar-refractivity contribution is -0.139. The summed E-state index contributed by atoms with van der Waals surface area (Å²) in [5.41, 5.74) is 4.20. The predicted octanol–water partition coefficient (Wildman–Crippen LogP) is 3.16. The Morgan fingerprint density at radius 3 is 2.43 bits per heavy atom. The molecule has 160 valence electrons. The molecule has 30 heavy (non-hydrogen) atoms. The molecule has 0 aliphatic carbocycles. The standard InChI is InChI=1S/C24H31N3O3/c1-17-7-5-9-21(15-17)30-20(4)24(29)27-13-11-26(12-14-27)16-23(28)25-22-10-6-8-18(2)19(22)3/h5-10,15,20H,11-14,16H2,1-4H3,(H,25,28)/t20-/m1/s1. The van der Waals surface area contributed by atoms with Gasteiger partial charge in [0.05, 0.1) is 6.54 Å². The summed E-state index contributed by atoms with van der Waals surface area (Å²) in [6, 6.07) is 13.6. The number of carbonyl (C=O) groups is 2. The fourth-order valence-corrected chi connectivity index (χ4v) is 3.61. The summed E-state index contributed by atoms with van der Waals surface area (Å²) in [7, 11) is 0. The Balaban J connectivity index is 1.46. The average Bonchev–Trinajstić information content (AvgIpc) is 2.71. The van der Waals surface area contributed by atoms with Gasteiger partial charge in [-0.15, -0.1) is 0 Å². The van der Waals surface area contributed by atoms with Crippen molar-refractivity contribution in [3.63, 3.8) is 0 Å². The van der Waals surface area contributed by atoms with E-state index in [2.05, 4.69) is 10.2 Å². The second kappa shape index (κ2) is 9.76. The van der Waals surface area contributed by atoms with E-state index >= 15 is 0 Å². The Labute approximate surface area is 178 Å². The number of piperazine rings is 1. The molecular formula is C24H31N3O3. The van der Waals surface area contributed by atoms with Crippen molar-refractivity contribution in [2.24, 2.45) is 0 Å². The van der Waals surface area contributed by atoms with Gasteiger partial charge >= 0.3 is 0 Å². The third-order valence-electron chi connectivity index (χ3n) is 5.58. The molecule has 0 bridgehead atoms. The summed E-state index contributed by atoms with van der Waals surface area (Å²) >= 11 is 0. The van der Waals surface area contributed by atoms with Gasteiger partial charge in [-0.2, -0.15) is 0 Å². The Hall–Kier alpha value is -2.86. The van der Waals surface area contributed by atoms with Crippen LogP contribution >= 0.6 is 0 Å². The van der Waals surface area contributed by atoms with Crippen molar-refractivity contribution in [3.05, 3.63) is 59.2 Å². The molecule has 0 spiro atoms. The molecule has 2 amide bonds. The lowest BCUT2D eigenvalue weighted by atomic mass is 10.1. The first-order valence-electron chi connectivity index (χ1n) is 10.4. The number of rotatable bonds is 6. The van der Waals surface area contributed by atoms with Crippen molar-refractivity contribution in [1.29, 1.82) is 0 Å². The van der Waals surface area contributed by atoms with Crippen molar-refractivity contribution in [2.45, 2.75) is 33.8 Å². The largest absolute Gasteiger partial charge is 0.481 e. The summed E-state index contributed by atoms with van der Waals surface area (Å²) in [5, 5.41) is 3.00. The monoisotopic (exact) mass is 409 g/mol. The molecule has 1 aliphatic heterocycles. The normalized spacial score (nSPS) is 15.5. The number of nitrogens with zero attached hydrogens (tertiary/aromatic N) is 2. The van der Waals surface area contributed by atoms with E-state index in [1.54, 1.807) is 6.92 Å². The molecule has 0 radical (unpaired) electrons. The molecule has 6 nitrogen and oxygen atoms in total. The van der Waals surface area contributed by atoms with Gasteiger partial charge in [-0.3, -0.25) is 14.5 Å². The molecular weight excluding hydrogens is 378 g/mol. The molecule has 1 aliphatic rings. The third kappa shape index (κ3) is 5.60. The van der Waals surface area contributed by atoms with Gasteiger partial charge < -0.3 is 15.0 Å². The van der Waals surface area contributed by atoms with E-state index in [0.717, 1.165) is 22.4 Å². The molecule has 2 aromatic carbocycles. The number of hydrogen-bond acceptors (Lipinski definition) is 4. The number of carbonyl (C=O) groups excluding carboxylic acids is 2. The van der Waals surface area contributed by atoms with Crippen LogP contribution in [0.2, 0.25) is 0 Å². The van der Waals surface area contributed by atoms with Crippen LogP contribution in [0.5, 0.6) is 5.75 Å². The van der Waals surface area contributed by atoms with Gasteiger partial charge in [0.1, 0.15) is 5.75 Å². The molecule has 2 aromatic rings. The average molecular weight is 410 g/mol. The van der Waals surface area contributed by atoms with Crippen molar-refractivity contribution in [3.8, 4) is 5.75 Å². The number of amides is 2. The van der Waals surface area contributed by atoms with Crippen LogP contribution < -0.4 is 10.1 Å². The van der Waals surface area contributed by atoms with E-state index in [1.165, 1.54) is 0 Å². The van der Waals surface area contributed by atoms with Gasteiger partial charge in [-0.05, 0) is 62.6 Å². The quantitative estimate of drug-likeness (QED) is 0.796. The van der Waals surface area contributed by atoms with Crippen LogP contribution in [0, 0.1) is 20.8 Å². The summed E-state index contributed by atoms with van der Waals surface area (Å²) in [6.45, 7) is 10.7. The summed E-state index contributed by atoms with van der Waals surface area (Å²) in [6.07, 6.45) is -0.536. The van der Waals surface area contributed by atoms with Crippen LogP contribution in [0.15, 0.2) is 42.5 Å². The molecule has 1 N–H and O–H groups in total. The molecule has 0 saturated carbocycles. The lowest BCUT2D eigenvalue weighted by Crippen LogP contribution is -2.53. The highest BCUT2D eigenvalue weighted by atomic mass is 16.5. The molecule has 0 aromatic heterocycles. The fourth-order valence-electron chi connectivity index (χ4n) is 3.61. The van der Waals surface area contributed by atoms with Crippen LogP contribution in [-0.4, -0.2) is 60.4 Å². The number of aryl methyl sites for hydroxylation is 2. The summed E-state index contributed by atoms with van der Waals surface area (Å²) < 4.78 is 5.82. The minimum Gasteiger partial charge on any atom is -0.481 e. The zero-order chi connectivity index (χ0) is 21.7. The second-order valence-corrected chi connectivity index (χ2v) is 7.97. The number of ether oxygens (including phenoxy) is 1. The van der Waals surface area contributed by atoms with Crippen molar-refractivity contribution < 1.29 is 14.3 Å². The lowest BCUT2D eigenvalue weighted by Gasteiger charge is -2.35. The molecule has 3 rings (SSSR count). The zero-order valence-electron chi connectivity index (χ0n) is 18.3. The van der Waals surface area contributed by atoms with E-state index in [4.69, 9.17) is 4.74 Å². The first-order valence-corrected chi connectivity index (χ1v) is 10.4. The van der Waals surface area contributed by atoms with Crippen LogP contribution in [0.3, 0.4) is 0 Å². The molecule has 1 saturated heterocycles. The van der Waals surface area contributed by atoms with Crippen molar-refractivity contribution in [1.82, 2.24) is 9.80 Å². The Morgan fingerprint density at radius 2 is 1.73 bits per heavy atom. The smallest absolute Gasteiger partial charge is 0.263 e.